The molecular formula is C18H13ClF3N3O2. The van der Waals surface area contributed by atoms with Crippen LogP contribution < -0.4 is 10.3 Å². The van der Waals surface area contributed by atoms with E-state index < -0.39 is 12.8 Å². The molecule has 0 bridgehead atoms. The summed E-state index contributed by atoms with van der Waals surface area (Å²) in [7, 11) is 0. The molecule has 27 heavy (non-hydrogen) atoms. The van der Waals surface area contributed by atoms with Crippen LogP contribution in [0.25, 0.3) is 11.3 Å². The summed E-state index contributed by atoms with van der Waals surface area (Å²) in [5.74, 6) is -0.148. The molecule has 0 spiro atoms. The molecule has 0 aliphatic heterocycles. The van der Waals surface area contributed by atoms with Crippen molar-refractivity contribution in [1.29, 1.82) is 0 Å². The van der Waals surface area contributed by atoms with E-state index in [2.05, 4.69) is 14.8 Å². The minimum atomic E-state index is -4.43. The molecule has 0 amide bonds. The average molecular weight is 396 g/mol. The quantitative estimate of drug-likeness (QED) is 0.656. The number of nitrogens with zero attached hydrogens (tertiary/aromatic N) is 3. The van der Waals surface area contributed by atoms with Gasteiger partial charge in [-0.3, -0.25) is 4.79 Å². The minimum absolute atomic E-state index is 0.148. The molecule has 140 valence electrons. The van der Waals surface area contributed by atoms with Crippen molar-refractivity contribution in [3.8, 4) is 17.1 Å². The summed E-state index contributed by atoms with van der Waals surface area (Å²) in [6.45, 7) is -1.16. The Morgan fingerprint density at radius 3 is 2.41 bits per heavy atom. The van der Waals surface area contributed by atoms with Gasteiger partial charge in [0.2, 0.25) is 5.88 Å². The molecule has 0 radical (unpaired) electrons. The Balaban J connectivity index is 1.79. The van der Waals surface area contributed by atoms with E-state index in [1.807, 2.05) is 0 Å². The summed E-state index contributed by atoms with van der Waals surface area (Å²) >= 11 is 5.85. The Labute approximate surface area is 157 Å². The van der Waals surface area contributed by atoms with Gasteiger partial charge < -0.3 is 4.74 Å². The smallest absolute Gasteiger partial charge is 0.422 e. The summed E-state index contributed by atoms with van der Waals surface area (Å²) in [4.78, 5) is 15.9. The van der Waals surface area contributed by atoms with Gasteiger partial charge in [-0.1, -0.05) is 23.7 Å². The fourth-order valence-corrected chi connectivity index (χ4v) is 2.38. The summed E-state index contributed by atoms with van der Waals surface area (Å²) in [5.41, 5.74) is 1.56. The lowest BCUT2D eigenvalue weighted by Crippen LogP contribution is -2.22. The number of rotatable bonds is 5. The molecule has 0 saturated carbocycles. The first-order valence-corrected chi connectivity index (χ1v) is 8.16. The minimum Gasteiger partial charge on any atom is -0.468 e. The lowest BCUT2D eigenvalue weighted by molar-refractivity contribution is -0.154. The van der Waals surface area contributed by atoms with E-state index in [-0.39, 0.29) is 18.0 Å². The van der Waals surface area contributed by atoms with E-state index in [0.29, 0.717) is 16.3 Å². The molecule has 0 aliphatic carbocycles. The molecule has 0 unspecified atom stereocenters. The highest BCUT2D eigenvalue weighted by Crippen LogP contribution is 2.20. The fraction of sp³-hybridized carbons (Fsp3) is 0.167. The van der Waals surface area contributed by atoms with E-state index >= 15 is 0 Å². The zero-order valence-corrected chi connectivity index (χ0v) is 14.5. The molecular weight excluding hydrogens is 383 g/mol. The van der Waals surface area contributed by atoms with Crippen LogP contribution in [-0.4, -0.2) is 27.5 Å². The summed E-state index contributed by atoms with van der Waals surface area (Å²) in [6.07, 6.45) is -3.09. The molecule has 3 rings (SSSR count). The van der Waals surface area contributed by atoms with Gasteiger partial charge in [-0.25, -0.2) is 9.67 Å². The van der Waals surface area contributed by atoms with Crippen molar-refractivity contribution < 1.29 is 17.9 Å². The second kappa shape index (κ2) is 7.79. The van der Waals surface area contributed by atoms with Gasteiger partial charge in [-0.15, -0.1) is 0 Å². The van der Waals surface area contributed by atoms with Crippen LogP contribution >= 0.6 is 11.6 Å². The molecule has 0 saturated heterocycles. The van der Waals surface area contributed by atoms with Gasteiger partial charge in [-0.2, -0.15) is 18.3 Å². The molecule has 0 N–H and O–H groups in total. The number of aromatic nitrogens is 3. The number of hydrogen-bond donors (Lipinski definition) is 0. The lowest BCUT2D eigenvalue weighted by Gasteiger charge is -2.09. The van der Waals surface area contributed by atoms with E-state index in [9.17, 15) is 18.0 Å². The summed E-state index contributed by atoms with van der Waals surface area (Å²) < 4.78 is 42.4. The first-order valence-electron chi connectivity index (χ1n) is 7.79. The number of hydrogen-bond acceptors (Lipinski definition) is 4. The lowest BCUT2D eigenvalue weighted by atomic mass is 10.2. The first kappa shape index (κ1) is 18.9. The molecule has 0 fully saturated rings. The van der Waals surface area contributed by atoms with Gasteiger partial charge in [0.05, 0.1) is 12.2 Å². The summed E-state index contributed by atoms with van der Waals surface area (Å²) in [6, 6.07) is 12.7. The fourth-order valence-electron chi connectivity index (χ4n) is 2.25. The van der Waals surface area contributed by atoms with Crippen molar-refractivity contribution in [2.45, 2.75) is 12.7 Å². The van der Waals surface area contributed by atoms with Crippen molar-refractivity contribution >= 4 is 11.6 Å². The molecule has 2 aromatic heterocycles. The summed E-state index contributed by atoms with van der Waals surface area (Å²) in [5, 5.41) is 4.88. The van der Waals surface area contributed by atoms with Gasteiger partial charge in [0.15, 0.2) is 6.61 Å². The predicted molar refractivity (Wildman–Crippen MR) is 93.8 cm³/mol. The maximum atomic E-state index is 12.2. The molecule has 1 aromatic carbocycles. The third-order valence-corrected chi connectivity index (χ3v) is 3.78. The third kappa shape index (κ3) is 5.30. The van der Waals surface area contributed by atoms with Crippen LogP contribution in [0.2, 0.25) is 5.02 Å². The largest absolute Gasteiger partial charge is 0.468 e. The van der Waals surface area contributed by atoms with Crippen LogP contribution in [0.4, 0.5) is 13.2 Å². The van der Waals surface area contributed by atoms with E-state index in [4.69, 9.17) is 11.6 Å². The Kier molecular flexibility index (Phi) is 5.46. The van der Waals surface area contributed by atoms with Crippen LogP contribution in [0.1, 0.15) is 5.56 Å². The normalized spacial score (nSPS) is 11.4. The van der Waals surface area contributed by atoms with Gasteiger partial charge in [0.1, 0.15) is 0 Å². The van der Waals surface area contributed by atoms with Crippen molar-refractivity contribution in [2.75, 3.05) is 6.61 Å². The highest BCUT2D eigenvalue weighted by atomic mass is 35.5. The van der Waals surface area contributed by atoms with Crippen molar-refractivity contribution in [3.05, 3.63) is 75.7 Å². The second-order valence-corrected chi connectivity index (χ2v) is 6.07. The average Bonchev–Trinajstić information content (AvgIpc) is 2.63. The van der Waals surface area contributed by atoms with Gasteiger partial charge in [-0.05, 0) is 29.8 Å². The number of ether oxygens (including phenoxy) is 1. The van der Waals surface area contributed by atoms with Crippen LogP contribution in [0.3, 0.4) is 0 Å². The zero-order valence-electron chi connectivity index (χ0n) is 13.8. The SMILES string of the molecule is O=c1ccc(-c2ccc(OCC(F)(F)F)nc2)nn1Cc1ccc(Cl)cc1. The Morgan fingerprint density at radius 2 is 1.78 bits per heavy atom. The number of halogens is 4. The van der Waals surface area contributed by atoms with Gasteiger partial charge >= 0.3 is 6.18 Å². The predicted octanol–water partition coefficient (Wildman–Crippen LogP) is 3.95. The molecule has 2 heterocycles. The van der Waals surface area contributed by atoms with Crippen LogP contribution in [0, 0.1) is 0 Å². The van der Waals surface area contributed by atoms with Crippen molar-refractivity contribution in [2.24, 2.45) is 0 Å². The number of pyridine rings is 1. The Hall–Kier alpha value is -2.87. The topological polar surface area (TPSA) is 57.0 Å². The monoisotopic (exact) mass is 395 g/mol. The maximum Gasteiger partial charge on any atom is 0.422 e. The Morgan fingerprint density at radius 1 is 1.04 bits per heavy atom. The van der Waals surface area contributed by atoms with Crippen molar-refractivity contribution in [1.82, 2.24) is 14.8 Å². The molecule has 0 aliphatic rings. The zero-order chi connectivity index (χ0) is 19.4. The highest BCUT2D eigenvalue weighted by molar-refractivity contribution is 6.30. The first-order chi connectivity index (χ1) is 12.8. The van der Waals surface area contributed by atoms with E-state index in [1.165, 1.54) is 35.1 Å². The Bertz CT molecular complexity index is 971. The van der Waals surface area contributed by atoms with Gasteiger partial charge in [0.25, 0.3) is 5.56 Å². The molecule has 9 heteroatoms. The standard InChI is InChI=1S/C18H13ClF3N3O2/c19-14-4-1-12(2-5-14)10-25-17(26)8-6-15(24-25)13-3-7-16(23-9-13)27-11-18(20,21)22/h1-9H,10-11H2. The van der Waals surface area contributed by atoms with E-state index in [1.54, 1.807) is 24.3 Å². The maximum absolute atomic E-state index is 12.2. The van der Waals surface area contributed by atoms with Gasteiger partial charge in [0, 0.05) is 28.9 Å². The molecule has 0 atom stereocenters. The molecule has 5 nitrogen and oxygen atoms in total. The number of benzene rings is 1. The van der Waals surface area contributed by atoms with E-state index in [0.717, 1.165) is 5.56 Å². The van der Waals surface area contributed by atoms with Crippen LogP contribution in [0.15, 0.2) is 59.5 Å². The number of alkyl halides is 3. The van der Waals surface area contributed by atoms with Crippen LogP contribution in [-0.2, 0) is 6.54 Å². The second-order valence-electron chi connectivity index (χ2n) is 5.63. The molecule has 3 aromatic rings. The van der Waals surface area contributed by atoms with Crippen molar-refractivity contribution in [3.63, 3.8) is 0 Å². The third-order valence-electron chi connectivity index (χ3n) is 3.53. The van der Waals surface area contributed by atoms with Crippen LogP contribution in [0.5, 0.6) is 5.88 Å². The highest BCUT2D eigenvalue weighted by Gasteiger charge is 2.28.